The summed E-state index contributed by atoms with van der Waals surface area (Å²) in [7, 11) is 0. The molecule has 4 aromatic rings. The van der Waals surface area contributed by atoms with Crippen LogP contribution in [0.4, 0.5) is 22.2 Å². The first-order valence-corrected chi connectivity index (χ1v) is 12.4. The van der Waals surface area contributed by atoms with E-state index in [2.05, 4.69) is 25.6 Å². The number of carbonyl (C=O) groups is 1. The van der Waals surface area contributed by atoms with Crippen LogP contribution in [0.1, 0.15) is 5.69 Å². The maximum atomic E-state index is 12.2. The lowest BCUT2D eigenvalue weighted by Gasteiger charge is -2.26. The molecule has 0 unspecified atom stereocenters. The first-order chi connectivity index (χ1) is 18.6. The fourth-order valence-electron chi connectivity index (χ4n) is 4.01. The number of hydrogen-bond donors (Lipinski definition) is 3. The molecule has 0 atom stereocenters. The van der Waals surface area contributed by atoms with Crippen molar-refractivity contribution in [2.75, 3.05) is 43.9 Å². The van der Waals surface area contributed by atoms with E-state index in [-0.39, 0.29) is 12.0 Å². The summed E-state index contributed by atoms with van der Waals surface area (Å²) in [6.45, 7) is 2.88. The molecule has 1 aliphatic heterocycles. The highest BCUT2D eigenvalue weighted by Gasteiger charge is 2.16. The number of hydrogen-bond acceptors (Lipinski definition) is 8. The minimum atomic E-state index is -0.0738. The van der Waals surface area contributed by atoms with Gasteiger partial charge in [0.25, 0.3) is 0 Å². The third kappa shape index (κ3) is 6.74. The number of carbonyl (C=O) groups excluding carboxylic acids is 1. The Balaban J connectivity index is 1.16. The maximum Gasteiger partial charge on any atom is 0.317 e. The van der Waals surface area contributed by atoms with Gasteiger partial charge in [-0.1, -0.05) is 30.3 Å². The summed E-state index contributed by atoms with van der Waals surface area (Å²) in [5, 5.41) is 6.21. The smallest absolute Gasteiger partial charge is 0.317 e. The lowest BCUT2D eigenvalue weighted by atomic mass is 10.1. The molecule has 1 fully saturated rings. The van der Waals surface area contributed by atoms with E-state index in [9.17, 15) is 4.79 Å². The van der Waals surface area contributed by atoms with Crippen LogP contribution in [0.25, 0.3) is 11.3 Å². The Bertz CT molecular complexity index is 1360. The van der Waals surface area contributed by atoms with Crippen molar-refractivity contribution in [2.24, 2.45) is 0 Å². The molecule has 4 N–H and O–H groups in total. The maximum absolute atomic E-state index is 12.2. The molecule has 0 bridgehead atoms. The third-order valence-electron chi connectivity index (χ3n) is 5.92. The predicted molar refractivity (Wildman–Crippen MR) is 145 cm³/mol. The van der Waals surface area contributed by atoms with Gasteiger partial charge in [0.2, 0.25) is 5.95 Å². The molecule has 194 valence electrons. The van der Waals surface area contributed by atoms with Crippen LogP contribution >= 0.6 is 0 Å². The molecule has 3 heterocycles. The Morgan fingerprint density at radius 3 is 2.55 bits per heavy atom. The first-order valence-electron chi connectivity index (χ1n) is 12.4. The number of nitrogens with one attached hydrogen (secondary N) is 2. The highest BCUT2D eigenvalue weighted by atomic mass is 16.5. The van der Waals surface area contributed by atoms with Crippen LogP contribution < -0.4 is 21.1 Å². The lowest BCUT2D eigenvalue weighted by molar-refractivity contribution is 0.0533. The predicted octanol–water partition coefficient (Wildman–Crippen LogP) is 4.24. The van der Waals surface area contributed by atoms with Gasteiger partial charge in [0.1, 0.15) is 17.3 Å². The second-order valence-corrected chi connectivity index (χ2v) is 8.68. The summed E-state index contributed by atoms with van der Waals surface area (Å²) in [6.07, 6.45) is 2.30. The molecule has 0 spiro atoms. The van der Waals surface area contributed by atoms with Crippen LogP contribution in [0.3, 0.4) is 0 Å². The Morgan fingerprint density at radius 1 is 0.974 bits per heavy atom. The molecule has 0 aliphatic carbocycles. The Morgan fingerprint density at radius 2 is 1.76 bits per heavy atom. The van der Waals surface area contributed by atoms with Gasteiger partial charge in [-0.25, -0.2) is 9.78 Å². The monoisotopic (exact) mass is 511 g/mol. The molecule has 2 amide bonds. The number of pyridine rings is 1. The molecule has 5 rings (SSSR count). The first kappa shape index (κ1) is 25.0. The molecular formula is C28H29N7O3. The topological polar surface area (TPSA) is 128 Å². The highest BCUT2D eigenvalue weighted by molar-refractivity contribution is 5.74. The van der Waals surface area contributed by atoms with Gasteiger partial charge >= 0.3 is 6.03 Å². The van der Waals surface area contributed by atoms with Gasteiger partial charge in [0, 0.05) is 61.3 Å². The van der Waals surface area contributed by atoms with Gasteiger partial charge in [0.15, 0.2) is 0 Å². The van der Waals surface area contributed by atoms with Crippen LogP contribution in [-0.4, -0.2) is 58.7 Å². The van der Waals surface area contributed by atoms with Gasteiger partial charge in [-0.05, 0) is 30.3 Å². The molecular weight excluding hydrogens is 482 g/mol. The number of amides is 2. The summed E-state index contributed by atoms with van der Waals surface area (Å²) >= 11 is 0. The van der Waals surface area contributed by atoms with Crippen molar-refractivity contribution >= 4 is 23.5 Å². The molecule has 10 heteroatoms. The van der Waals surface area contributed by atoms with Crippen molar-refractivity contribution in [3.63, 3.8) is 0 Å². The SMILES string of the molecule is Nc1nc(Nc2ccc(Oc3ccnc(CCNC(=O)N4CCOCC4)c3)cc2)cc(-c2ccccc2)n1. The summed E-state index contributed by atoms with van der Waals surface area (Å²) < 4.78 is 11.3. The average molecular weight is 512 g/mol. The largest absolute Gasteiger partial charge is 0.457 e. The number of nitrogens with two attached hydrogens (primary N) is 1. The second-order valence-electron chi connectivity index (χ2n) is 8.68. The minimum absolute atomic E-state index is 0.0738. The van der Waals surface area contributed by atoms with E-state index in [1.165, 1.54) is 0 Å². The number of rotatable bonds is 8. The van der Waals surface area contributed by atoms with Crippen molar-refractivity contribution in [1.29, 1.82) is 0 Å². The molecule has 1 aliphatic rings. The van der Waals surface area contributed by atoms with Crippen molar-refractivity contribution < 1.29 is 14.3 Å². The number of morpholine rings is 1. The van der Waals surface area contributed by atoms with Crippen LogP contribution in [0.15, 0.2) is 79.0 Å². The number of nitrogen functional groups attached to an aromatic ring is 1. The minimum Gasteiger partial charge on any atom is -0.457 e. The molecule has 10 nitrogen and oxygen atoms in total. The number of benzene rings is 2. The number of aromatic nitrogens is 3. The van der Waals surface area contributed by atoms with Crippen LogP contribution in [0.5, 0.6) is 11.5 Å². The number of anilines is 3. The van der Waals surface area contributed by atoms with Gasteiger partial charge in [0.05, 0.1) is 18.9 Å². The standard InChI is InChI=1S/C28H29N7O3/c29-27-33-25(20-4-2-1-3-5-20)19-26(34-27)32-21-6-8-23(9-7-21)38-24-11-13-30-22(18-24)10-12-31-28(36)35-14-16-37-17-15-35/h1-9,11,13,18-19H,10,12,14-17H2,(H,31,36)(H3,29,32,33,34). The lowest BCUT2D eigenvalue weighted by Crippen LogP contribution is -2.46. The van der Waals surface area contributed by atoms with Gasteiger partial charge in [-0.2, -0.15) is 4.98 Å². The fraction of sp³-hybridized carbons (Fsp3) is 0.214. The number of nitrogens with zero attached hydrogens (tertiary/aromatic N) is 4. The molecule has 38 heavy (non-hydrogen) atoms. The molecule has 2 aromatic heterocycles. The molecule has 0 radical (unpaired) electrons. The molecule has 2 aromatic carbocycles. The van der Waals surface area contributed by atoms with E-state index >= 15 is 0 Å². The zero-order valence-electron chi connectivity index (χ0n) is 20.8. The van der Waals surface area contributed by atoms with Crippen LogP contribution in [0, 0.1) is 0 Å². The van der Waals surface area contributed by atoms with Crippen LogP contribution in [-0.2, 0) is 11.2 Å². The Kier molecular flexibility index (Phi) is 7.90. The quantitative estimate of drug-likeness (QED) is 0.321. The van der Waals surface area contributed by atoms with Gasteiger partial charge in [-0.3, -0.25) is 4.98 Å². The zero-order valence-corrected chi connectivity index (χ0v) is 20.8. The van der Waals surface area contributed by atoms with E-state index in [1.807, 2.05) is 66.7 Å². The summed E-state index contributed by atoms with van der Waals surface area (Å²) in [5.74, 6) is 2.15. The van der Waals surface area contributed by atoms with E-state index < -0.39 is 0 Å². The van der Waals surface area contributed by atoms with Gasteiger partial charge in [-0.15, -0.1) is 0 Å². The average Bonchev–Trinajstić information content (AvgIpc) is 2.95. The summed E-state index contributed by atoms with van der Waals surface area (Å²) in [4.78, 5) is 27.0. The van der Waals surface area contributed by atoms with E-state index in [0.717, 1.165) is 22.6 Å². The number of urea groups is 1. The summed E-state index contributed by atoms with van der Waals surface area (Å²) in [6, 6.07) is 22.8. The van der Waals surface area contributed by atoms with Crippen molar-refractivity contribution in [3.8, 4) is 22.8 Å². The third-order valence-corrected chi connectivity index (χ3v) is 5.92. The normalized spacial score (nSPS) is 13.1. The zero-order chi connectivity index (χ0) is 26.2. The van der Waals surface area contributed by atoms with E-state index in [0.29, 0.717) is 56.6 Å². The second kappa shape index (κ2) is 12.0. The van der Waals surface area contributed by atoms with Crippen LogP contribution in [0.2, 0.25) is 0 Å². The van der Waals surface area contributed by atoms with E-state index in [4.69, 9.17) is 15.2 Å². The number of ether oxygens (including phenoxy) is 2. The van der Waals surface area contributed by atoms with Gasteiger partial charge < -0.3 is 30.7 Å². The van der Waals surface area contributed by atoms with Crippen molar-refractivity contribution in [3.05, 3.63) is 84.7 Å². The van der Waals surface area contributed by atoms with Crippen molar-refractivity contribution in [1.82, 2.24) is 25.2 Å². The molecule has 1 saturated heterocycles. The molecule has 0 saturated carbocycles. The fourth-order valence-corrected chi connectivity index (χ4v) is 4.01. The summed E-state index contributed by atoms with van der Waals surface area (Å²) in [5.41, 5.74) is 9.31. The Labute approximate surface area is 220 Å². The van der Waals surface area contributed by atoms with Crippen molar-refractivity contribution in [2.45, 2.75) is 6.42 Å². The van der Waals surface area contributed by atoms with E-state index in [1.54, 1.807) is 17.2 Å². The highest BCUT2D eigenvalue weighted by Crippen LogP contribution is 2.26. The Hall–Kier alpha value is -4.70.